The van der Waals surface area contributed by atoms with Gasteiger partial charge in [0.05, 0.1) is 12.3 Å². The van der Waals surface area contributed by atoms with Crippen molar-refractivity contribution in [3.05, 3.63) is 82.7 Å². The highest BCUT2D eigenvalue weighted by atomic mass is 19.4. The Balaban J connectivity index is 1.81. The van der Waals surface area contributed by atoms with Crippen LogP contribution >= 0.6 is 0 Å². The van der Waals surface area contributed by atoms with Crippen LogP contribution in [0.25, 0.3) is 5.69 Å². The fraction of sp³-hybridized carbons (Fsp3) is 0.273. The summed E-state index contributed by atoms with van der Waals surface area (Å²) in [5.41, 5.74) is -0.238. The minimum atomic E-state index is -4.68. The number of halogens is 5. The molecule has 0 aliphatic heterocycles. The lowest BCUT2D eigenvalue weighted by Crippen LogP contribution is -2.12. The number of Topliss-reactive ketones (excluding diaryl/α,β-unsaturated/α-hetero) is 1. The van der Waals surface area contributed by atoms with E-state index >= 15 is 0 Å². The van der Waals surface area contributed by atoms with Gasteiger partial charge in [0, 0.05) is 23.6 Å². The molecule has 164 valence electrons. The standard InChI is InChI=1S/C22H19F5N2O2/c1-13(14-2-3-15(12-30)19(24)10-14)20(31)9-8-18-11-21(22(25,26)27)28-29(18)17-6-4-16(23)5-7-17/h2-7,10-11,13,30H,8-9,12H2,1H3. The average Bonchev–Trinajstić information content (AvgIpc) is 3.16. The van der Waals surface area contributed by atoms with E-state index in [0.717, 1.165) is 22.9 Å². The molecule has 0 saturated heterocycles. The number of carbonyl (C=O) groups excluding carboxylic acids is 1. The Morgan fingerprint density at radius 2 is 1.77 bits per heavy atom. The monoisotopic (exact) mass is 438 g/mol. The minimum absolute atomic E-state index is 0.0408. The number of aromatic nitrogens is 2. The van der Waals surface area contributed by atoms with Crippen molar-refractivity contribution in [3.8, 4) is 5.69 Å². The second-order valence-corrected chi connectivity index (χ2v) is 7.10. The van der Waals surface area contributed by atoms with Crippen molar-refractivity contribution in [1.82, 2.24) is 9.78 Å². The van der Waals surface area contributed by atoms with Gasteiger partial charge < -0.3 is 5.11 Å². The maximum absolute atomic E-state index is 13.9. The minimum Gasteiger partial charge on any atom is -0.392 e. The first-order chi connectivity index (χ1) is 14.6. The fourth-order valence-corrected chi connectivity index (χ4v) is 3.16. The molecule has 1 unspecified atom stereocenters. The lowest BCUT2D eigenvalue weighted by molar-refractivity contribution is -0.141. The number of nitrogens with zero attached hydrogens (tertiary/aromatic N) is 2. The number of aliphatic hydroxyl groups excluding tert-OH is 1. The van der Waals surface area contributed by atoms with Crippen LogP contribution < -0.4 is 0 Å². The second kappa shape index (κ2) is 8.97. The molecule has 0 saturated carbocycles. The third kappa shape index (κ3) is 5.16. The van der Waals surface area contributed by atoms with Crippen LogP contribution in [0.5, 0.6) is 0 Å². The number of alkyl halides is 3. The van der Waals surface area contributed by atoms with Crippen molar-refractivity contribution in [2.75, 3.05) is 0 Å². The van der Waals surface area contributed by atoms with Crippen LogP contribution in [0.4, 0.5) is 22.0 Å². The fourth-order valence-electron chi connectivity index (χ4n) is 3.16. The molecule has 0 radical (unpaired) electrons. The third-order valence-electron chi connectivity index (χ3n) is 5.00. The quantitative estimate of drug-likeness (QED) is 0.530. The Morgan fingerprint density at radius 3 is 2.35 bits per heavy atom. The van der Waals surface area contributed by atoms with E-state index in [0.29, 0.717) is 5.56 Å². The summed E-state index contributed by atoms with van der Waals surface area (Å²) in [5, 5.41) is 12.6. The van der Waals surface area contributed by atoms with Crippen molar-refractivity contribution in [3.63, 3.8) is 0 Å². The number of rotatable bonds is 7. The number of carbonyl (C=O) groups is 1. The summed E-state index contributed by atoms with van der Waals surface area (Å²) in [5.74, 6) is -2.16. The van der Waals surface area contributed by atoms with Gasteiger partial charge in [-0.05, 0) is 48.4 Å². The van der Waals surface area contributed by atoms with Gasteiger partial charge in [0.25, 0.3) is 0 Å². The van der Waals surface area contributed by atoms with E-state index in [-0.39, 0.29) is 35.6 Å². The van der Waals surface area contributed by atoms with E-state index in [1.54, 1.807) is 6.92 Å². The molecule has 9 heteroatoms. The normalized spacial score (nSPS) is 12.7. The topological polar surface area (TPSA) is 55.1 Å². The van der Waals surface area contributed by atoms with Crippen LogP contribution in [0.3, 0.4) is 0 Å². The molecule has 0 fully saturated rings. The van der Waals surface area contributed by atoms with Crippen LogP contribution in [-0.2, 0) is 24.0 Å². The number of benzene rings is 2. The SMILES string of the molecule is CC(C(=O)CCc1cc(C(F)(F)F)nn1-c1ccc(F)cc1)c1ccc(CO)c(F)c1. The average molecular weight is 438 g/mol. The van der Waals surface area contributed by atoms with Gasteiger partial charge in [0.15, 0.2) is 5.69 Å². The van der Waals surface area contributed by atoms with Gasteiger partial charge in [0.1, 0.15) is 17.4 Å². The first-order valence-corrected chi connectivity index (χ1v) is 9.44. The molecule has 0 aliphatic rings. The lowest BCUT2D eigenvalue weighted by Gasteiger charge is -2.13. The first kappa shape index (κ1) is 22.6. The highest BCUT2D eigenvalue weighted by Gasteiger charge is 2.35. The summed E-state index contributed by atoms with van der Waals surface area (Å²) in [6, 6.07) is 9.73. The number of ketones is 1. The summed E-state index contributed by atoms with van der Waals surface area (Å²) in [7, 11) is 0. The zero-order valence-electron chi connectivity index (χ0n) is 16.5. The van der Waals surface area contributed by atoms with Gasteiger partial charge in [-0.3, -0.25) is 4.79 Å². The summed E-state index contributed by atoms with van der Waals surface area (Å²) in [6.45, 7) is 1.11. The highest BCUT2D eigenvalue weighted by molar-refractivity contribution is 5.85. The molecule has 0 amide bonds. The number of hydrogen-bond acceptors (Lipinski definition) is 3. The van der Waals surface area contributed by atoms with Crippen LogP contribution in [0.2, 0.25) is 0 Å². The van der Waals surface area contributed by atoms with Gasteiger partial charge in [0.2, 0.25) is 0 Å². The smallest absolute Gasteiger partial charge is 0.392 e. The third-order valence-corrected chi connectivity index (χ3v) is 5.00. The second-order valence-electron chi connectivity index (χ2n) is 7.10. The Kier molecular flexibility index (Phi) is 6.54. The summed E-state index contributed by atoms with van der Waals surface area (Å²) >= 11 is 0. The molecular weight excluding hydrogens is 419 g/mol. The molecule has 0 aliphatic carbocycles. The number of aliphatic hydroxyl groups is 1. The van der Waals surface area contributed by atoms with Crippen molar-refractivity contribution in [2.45, 2.75) is 38.5 Å². The molecule has 3 aromatic rings. The zero-order valence-corrected chi connectivity index (χ0v) is 16.5. The van der Waals surface area contributed by atoms with Crippen molar-refractivity contribution >= 4 is 5.78 Å². The van der Waals surface area contributed by atoms with Gasteiger partial charge in [-0.15, -0.1) is 0 Å². The van der Waals surface area contributed by atoms with E-state index in [2.05, 4.69) is 5.10 Å². The molecule has 31 heavy (non-hydrogen) atoms. The highest BCUT2D eigenvalue weighted by Crippen LogP contribution is 2.30. The predicted octanol–water partition coefficient (Wildman–Crippen LogP) is 4.97. The Labute approximate surface area is 174 Å². The first-order valence-electron chi connectivity index (χ1n) is 9.44. The predicted molar refractivity (Wildman–Crippen MR) is 103 cm³/mol. The summed E-state index contributed by atoms with van der Waals surface area (Å²) < 4.78 is 67.6. The molecule has 4 nitrogen and oxygen atoms in total. The van der Waals surface area contributed by atoms with E-state index in [9.17, 15) is 26.7 Å². The molecule has 1 atom stereocenters. The van der Waals surface area contributed by atoms with Gasteiger partial charge in [-0.25, -0.2) is 13.5 Å². The van der Waals surface area contributed by atoms with E-state index in [1.807, 2.05) is 0 Å². The van der Waals surface area contributed by atoms with E-state index in [4.69, 9.17) is 5.11 Å². The lowest BCUT2D eigenvalue weighted by atomic mass is 9.93. The maximum atomic E-state index is 13.9. The van der Waals surface area contributed by atoms with E-state index < -0.39 is 36.0 Å². The van der Waals surface area contributed by atoms with Crippen LogP contribution in [-0.4, -0.2) is 20.7 Å². The van der Waals surface area contributed by atoms with Gasteiger partial charge >= 0.3 is 6.18 Å². The Bertz CT molecular complexity index is 1070. The molecular formula is C22H19F5N2O2. The Morgan fingerprint density at radius 1 is 1.10 bits per heavy atom. The van der Waals surface area contributed by atoms with Crippen molar-refractivity contribution in [2.24, 2.45) is 0 Å². The molecule has 3 rings (SSSR count). The summed E-state index contributed by atoms with van der Waals surface area (Å²) in [6.07, 6.45) is -4.82. The van der Waals surface area contributed by atoms with E-state index in [1.165, 1.54) is 30.3 Å². The van der Waals surface area contributed by atoms with Gasteiger partial charge in [-0.2, -0.15) is 18.3 Å². The van der Waals surface area contributed by atoms with Crippen molar-refractivity contribution in [1.29, 1.82) is 0 Å². The van der Waals surface area contributed by atoms with Crippen LogP contribution in [0.1, 0.15) is 41.8 Å². The molecule has 1 heterocycles. The van der Waals surface area contributed by atoms with Crippen LogP contribution in [0, 0.1) is 11.6 Å². The van der Waals surface area contributed by atoms with Crippen LogP contribution in [0.15, 0.2) is 48.5 Å². The molecule has 2 aromatic carbocycles. The zero-order chi connectivity index (χ0) is 22.8. The molecule has 1 N–H and O–H groups in total. The molecule has 0 bridgehead atoms. The van der Waals surface area contributed by atoms with Crippen molar-refractivity contribution < 1.29 is 31.9 Å². The van der Waals surface area contributed by atoms with Gasteiger partial charge in [-0.1, -0.05) is 19.1 Å². The largest absolute Gasteiger partial charge is 0.435 e. The number of hydrogen-bond donors (Lipinski definition) is 1. The maximum Gasteiger partial charge on any atom is 0.435 e. The Hall–Kier alpha value is -3.07. The molecule has 1 aromatic heterocycles. The number of aryl methyl sites for hydroxylation is 1. The summed E-state index contributed by atoms with van der Waals surface area (Å²) in [4.78, 5) is 12.6. The molecule has 0 spiro atoms.